The molecule has 10 bridgehead atoms. The van der Waals surface area contributed by atoms with Crippen LogP contribution in [0.25, 0.3) is 0 Å². The van der Waals surface area contributed by atoms with Crippen LogP contribution in [0.3, 0.4) is 0 Å². The van der Waals surface area contributed by atoms with Gasteiger partial charge in [-0.1, -0.05) is 32.9 Å². The highest BCUT2D eigenvalue weighted by Gasteiger charge is 2.76. The molecule has 36 nitrogen and oxygen atoms in total. The van der Waals surface area contributed by atoms with Crippen molar-refractivity contribution < 1.29 is 198 Å². The molecule has 42 heteroatoms. The Labute approximate surface area is 702 Å². The number of esters is 18. The van der Waals surface area contributed by atoms with Crippen molar-refractivity contribution in [1.29, 1.82) is 0 Å². The molecule has 0 spiro atoms. The Kier molecular flexibility index (Phi) is 27.5. The third-order valence-corrected chi connectivity index (χ3v) is 25.3. The molecule has 0 aromatic heterocycles. The summed E-state index contributed by atoms with van der Waals surface area (Å²) in [7, 11) is 0. The maximum Gasteiger partial charge on any atom is 0.425 e. The van der Waals surface area contributed by atoms with Crippen LogP contribution in [-0.2, 0) is 172 Å². The number of carbonyl (C=O) groups excluding carboxylic acids is 18. The molecular weight excluding hydrogens is 1670 g/mol. The molecule has 15 fully saturated rings. The lowest BCUT2D eigenvalue weighted by atomic mass is 9.75. The Morgan fingerprint density at radius 2 is 0.669 bits per heavy atom. The first-order valence-electron chi connectivity index (χ1n) is 39.9. The van der Waals surface area contributed by atoms with Crippen LogP contribution in [0.1, 0.15) is 101 Å². The van der Waals surface area contributed by atoms with Gasteiger partial charge in [0, 0.05) is 87.0 Å². The maximum atomic E-state index is 13.3. The predicted octanol–water partition coefficient (Wildman–Crippen LogP) is 4.47. The second-order valence-corrected chi connectivity index (χ2v) is 33.4. The van der Waals surface area contributed by atoms with Gasteiger partial charge in [-0.3, -0.25) is 38.4 Å². The second kappa shape index (κ2) is 36.5. The van der Waals surface area contributed by atoms with Crippen LogP contribution in [0, 0.1) is 112 Å². The number of halogens is 6. The van der Waals surface area contributed by atoms with Crippen molar-refractivity contribution in [3.8, 4) is 0 Å². The molecule has 10 saturated carbocycles. The van der Waals surface area contributed by atoms with Crippen molar-refractivity contribution in [3.63, 3.8) is 0 Å². The van der Waals surface area contributed by atoms with Crippen molar-refractivity contribution in [2.24, 2.45) is 112 Å². The minimum atomic E-state index is -4.75. The highest BCUT2D eigenvalue weighted by molar-refractivity contribution is 5.93. The Balaban J connectivity index is 0.000000151. The monoisotopic (exact) mass is 1770 g/mol. The molecule has 678 valence electrons. The number of fused-ring (bicyclic) bond motifs is 5. The third kappa shape index (κ3) is 18.5. The largest absolute Gasteiger partial charge is 0.466 e. The molecule has 124 heavy (non-hydrogen) atoms. The first-order chi connectivity index (χ1) is 58.0. The van der Waals surface area contributed by atoms with E-state index in [1.54, 1.807) is 13.8 Å². The molecule has 0 radical (unpaired) electrons. The zero-order valence-electron chi connectivity index (χ0n) is 68.4. The number of rotatable bonds is 26. The summed E-state index contributed by atoms with van der Waals surface area (Å²) in [6, 6.07) is 0. The molecule has 5 heterocycles. The summed E-state index contributed by atoms with van der Waals surface area (Å²) in [6.45, 7) is 27.5. The van der Waals surface area contributed by atoms with E-state index < -0.39 is 284 Å². The lowest BCUT2D eigenvalue weighted by molar-refractivity contribution is -0.220. The molecule has 5 aliphatic heterocycles. The van der Waals surface area contributed by atoms with E-state index >= 15 is 0 Å². The molecule has 15 aliphatic rings. The van der Waals surface area contributed by atoms with Gasteiger partial charge in [0.2, 0.25) is 0 Å². The van der Waals surface area contributed by atoms with E-state index in [0.29, 0.717) is 26.2 Å². The Hall–Kier alpha value is -11.3. The summed E-state index contributed by atoms with van der Waals surface area (Å²) >= 11 is 0. The van der Waals surface area contributed by atoms with Crippen molar-refractivity contribution in [1.82, 2.24) is 0 Å². The average Bonchev–Trinajstić information content (AvgIpc) is 1.58. The Morgan fingerprint density at radius 3 is 0.968 bits per heavy atom. The fourth-order valence-corrected chi connectivity index (χ4v) is 20.4. The van der Waals surface area contributed by atoms with Crippen LogP contribution in [0.15, 0.2) is 60.8 Å². The summed E-state index contributed by atoms with van der Waals surface area (Å²) in [5, 5.41) is 0. The van der Waals surface area contributed by atoms with E-state index in [2.05, 4.69) is 47.1 Å². The van der Waals surface area contributed by atoms with Gasteiger partial charge in [0.25, 0.3) is 0 Å². The molecule has 30 unspecified atom stereocenters. The van der Waals surface area contributed by atoms with Gasteiger partial charge in [-0.05, 0) is 101 Å². The standard InChI is InChI=1S/C18H19F3O8.2C17H20O8.C15H15F3O6.C15H18O6/c1-6(2)15(23)26-5-10(22)28-13-8-4-9-12(17(25)29-14(9)13)11(8)16(24)27-7(3)18(19,20)21;2*1-4-22-16(20)11-8-5-9-12(11)17(21)25-14(9)13(8)24-10(18)6-23-15(19)7(2)3;1-5(2)13(20)22-4-8(19)23-12-7-3-6-9(10(7)15(16,17)18)14(21)24-11(6)12;1-7(2)13(17)19-6-10(16)20-11-8-4-9-12(11)21-14(18)15(9,3)5-8/h7-9,11-14H,1,4-5H2,2-3H3;2*8-9,11-14H,2,4-6H2,1,3H3;6-7,9-12H,1,3-4H2,2H3;8-9,11-12H,1,4-6H2,2-3H3. The molecular formula is C82H92F6O36. The first-order valence-corrected chi connectivity index (χ1v) is 39.9. The summed E-state index contributed by atoms with van der Waals surface area (Å²) in [5.41, 5.74) is 0.304. The zero-order chi connectivity index (χ0) is 91.4. The van der Waals surface area contributed by atoms with Crippen LogP contribution in [0.2, 0.25) is 0 Å². The topological polar surface area (TPSA) is 473 Å². The van der Waals surface area contributed by atoms with Gasteiger partial charge >= 0.3 is 120 Å². The average molecular weight is 1770 g/mol. The quantitative estimate of drug-likeness (QED) is 0.0499. The fourth-order valence-electron chi connectivity index (χ4n) is 20.4. The summed E-state index contributed by atoms with van der Waals surface area (Å²) < 4.78 is 169. The van der Waals surface area contributed by atoms with Gasteiger partial charge in [-0.15, -0.1) is 0 Å². The molecule has 0 aromatic carbocycles. The normalized spacial score (nSPS) is 35.3. The predicted molar refractivity (Wildman–Crippen MR) is 387 cm³/mol. The SMILES string of the molecule is C=C(C)C(=O)OCC(=O)OC1C2CC3C1OC(=O)C3(C)C2.C=C(C)C(=O)OCC(=O)OC1C2CC3C1OC(=O)C3C2C(=O)OC(C)C(F)(F)F.C=C(C)C(=O)OCC(=O)OC1C2CC3C1OC(=O)C3C2C(=O)OCC.C=C(C)C(=O)OCC(=O)OC1C2CC3C1OC(=O)C3C2C(=O)OCC.C=C(C)C(=O)OCC(=O)OC1C2CC3C1OC(=O)C3C2C(F)(F)F. The minimum Gasteiger partial charge on any atom is -0.466 e. The van der Waals surface area contributed by atoms with Crippen molar-refractivity contribution in [2.75, 3.05) is 46.2 Å². The van der Waals surface area contributed by atoms with Gasteiger partial charge in [-0.25, -0.2) is 47.9 Å². The van der Waals surface area contributed by atoms with Crippen LogP contribution >= 0.6 is 0 Å². The number of carbonyl (C=O) groups is 18. The van der Waals surface area contributed by atoms with Crippen molar-refractivity contribution >= 4 is 107 Å². The number of hydrogen-bond acceptors (Lipinski definition) is 36. The lowest BCUT2D eigenvalue weighted by Gasteiger charge is -2.32. The van der Waals surface area contributed by atoms with Gasteiger partial charge < -0.3 is 85.3 Å². The van der Waals surface area contributed by atoms with Gasteiger partial charge in [0.05, 0.1) is 66.0 Å². The molecule has 0 aromatic rings. The van der Waals surface area contributed by atoms with E-state index in [1.165, 1.54) is 34.6 Å². The maximum absolute atomic E-state index is 13.3. The molecule has 10 aliphatic carbocycles. The highest BCUT2D eigenvalue weighted by Crippen LogP contribution is 2.66. The zero-order valence-corrected chi connectivity index (χ0v) is 68.4. The smallest absolute Gasteiger partial charge is 0.425 e. The van der Waals surface area contributed by atoms with Crippen LogP contribution in [0.4, 0.5) is 26.3 Å². The van der Waals surface area contributed by atoms with Gasteiger partial charge in [0.1, 0.15) is 61.0 Å². The number of hydrogen-bond donors (Lipinski definition) is 0. The van der Waals surface area contributed by atoms with Gasteiger partial charge in [0.15, 0.2) is 39.1 Å². The van der Waals surface area contributed by atoms with Crippen LogP contribution in [0.5, 0.6) is 0 Å². The number of alkyl halides is 6. The van der Waals surface area contributed by atoms with Crippen LogP contribution in [-0.4, -0.2) is 233 Å². The second-order valence-electron chi connectivity index (χ2n) is 33.4. The van der Waals surface area contributed by atoms with E-state index in [4.69, 9.17) is 71.1 Å². The summed E-state index contributed by atoms with van der Waals surface area (Å²) in [4.78, 5) is 213. The van der Waals surface area contributed by atoms with E-state index in [0.717, 1.165) is 6.42 Å². The molecule has 30 atom stereocenters. The third-order valence-electron chi connectivity index (χ3n) is 25.3. The first kappa shape index (κ1) is 93.4. The van der Waals surface area contributed by atoms with Crippen molar-refractivity contribution in [3.05, 3.63) is 60.8 Å². The van der Waals surface area contributed by atoms with E-state index in [-0.39, 0.29) is 102 Å². The van der Waals surface area contributed by atoms with E-state index in [9.17, 15) is 113 Å². The molecule has 15 rings (SSSR count). The molecule has 0 amide bonds. The van der Waals surface area contributed by atoms with Crippen LogP contribution < -0.4 is 0 Å². The Morgan fingerprint density at radius 1 is 0.387 bits per heavy atom. The Bertz CT molecular complexity index is 4360. The summed E-state index contributed by atoms with van der Waals surface area (Å²) in [5.74, 6) is -23.5. The fraction of sp³-hybridized carbons (Fsp3) is 0.659. The summed E-state index contributed by atoms with van der Waals surface area (Å²) in [6.07, 6.45) is -15.8. The van der Waals surface area contributed by atoms with Crippen molar-refractivity contribution in [2.45, 2.75) is 180 Å². The lowest BCUT2D eigenvalue weighted by Crippen LogP contribution is -2.46. The molecule has 0 N–H and O–H groups in total. The van der Waals surface area contributed by atoms with E-state index in [1.807, 2.05) is 6.92 Å². The minimum absolute atomic E-state index is 0.0758. The van der Waals surface area contributed by atoms with Gasteiger partial charge in [-0.2, -0.15) is 26.3 Å². The number of ether oxygens (including phenoxy) is 18. The highest BCUT2D eigenvalue weighted by atomic mass is 19.4. The molecule has 5 saturated heterocycles.